The van der Waals surface area contributed by atoms with Gasteiger partial charge in [0, 0.05) is 13.1 Å². The molecule has 0 aromatic carbocycles. The number of rotatable bonds is 4. The fourth-order valence-corrected chi connectivity index (χ4v) is 1.83. The van der Waals surface area contributed by atoms with E-state index < -0.39 is 0 Å². The molecule has 16 heavy (non-hydrogen) atoms. The Labute approximate surface area is 96.1 Å². The van der Waals surface area contributed by atoms with Crippen LogP contribution in [0.1, 0.15) is 32.6 Å². The van der Waals surface area contributed by atoms with E-state index in [-0.39, 0.29) is 24.6 Å². The van der Waals surface area contributed by atoms with Gasteiger partial charge in [0.1, 0.15) is 6.54 Å². The van der Waals surface area contributed by atoms with Gasteiger partial charge in [-0.3, -0.25) is 4.79 Å². The monoisotopic (exact) mass is 228 g/mol. The fraction of sp³-hybridized carbons (Fsp3) is 0.818. The van der Waals surface area contributed by atoms with Crippen molar-refractivity contribution < 1.29 is 14.3 Å². The number of carbonyl (C=O) groups excluding carboxylic acids is 2. The van der Waals surface area contributed by atoms with Crippen LogP contribution in [0.3, 0.4) is 0 Å². The van der Waals surface area contributed by atoms with E-state index in [9.17, 15) is 9.59 Å². The summed E-state index contributed by atoms with van der Waals surface area (Å²) in [5.41, 5.74) is 0. The molecular formula is C11H20N2O3. The number of hydrogen-bond donors (Lipinski definition) is 1. The molecule has 0 radical (unpaired) electrons. The van der Waals surface area contributed by atoms with Crippen molar-refractivity contribution >= 4 is 12.0 Å². The van der Waals surface area contributed by atoms with Crippen LogP contribution < -0.4 is 5.32 Å². The summed E-state index contributed by atoms with van der Waals surface area (Å²) in [6, 6.07) is 0.0806. The number of amides is 2. The highest BCUT2D eigenvalue weighted by molar-refractivity contribution is 5.80. The molecular weight excluding hydrogens is 208 g/mol. The summed E-state index contributed by atoms with van der Waals surface area (Å²) in [5, 5.41) is 2.91. The first-order chi connectivity index (χ1) is 7.63. The second-order valence-electron chi connectivity index (χ2n) is 4.09. The Morgan fingerprint density at radius 3 is 2.56 bits per heavy atom. The second kappa shape index (κ2) is 6.35. The lowest BCUT2D eigenvalue weighted by Gasteiger charge is -2.19. The van der Waals surface area contributed by atoms with E-state index in [0.717, 1.165) is 12.8 Å². The van der Waals surface area contributed by atoms with Gasteiger partial charge in [0.25, 0.3) is 0 Å². The van der Waals surface area contributed by atoms with Crippen molar-refractivity contribution in [2.45, 2.75) is 38.6 Å². The van der Waals surface area contributed by atoms with Gasteiger partial charge in [-0.05, 0) is 19.8 Å². The number of nitrogens with zero attached hydrogens (tertiary/aromatic N) is 1. The molecule has 0 aromatic heterocycles. The van der Waals surface area contributed by atoms with E-state index in [0.29, 0.717) is 6.61 Å². The lowest BCUT2D eigenvalue weighted by atomic mass is 10.2. The van der Waals surface area contributed by atoms with Crippen LogP contribution in [-0.4, -0.2) is 43.1 Å². The van der Waals surface area contributed by atoms with Crippen molar-refractivity contribution in [3.05, 3.63) is 0 Å². The Kier molecular flexibility index (Phi) is 5.08. The van der Waals surface area contributed by atoms with Gasteiger partial charge in [-0.15, -0.1) is 0 Å². The molecule has 0 bridgehead atoms. The number of carbonyl (C=O) groups is 2. The molecule has 1 N–H and O–H groups in total. The highest BCUT2D eigenvalue weighted by atomic mass is 16.5. The molecule has 92 valence electrons. The van der Waals surface area contributed by atoms with Crippen LogP contribution in [0.25, 0.3) is 0 Å². The molecule has 0 aliphatic heterocycles. The maximum absolute atomic E-state index is 11.6. The Morgan fingerprint density at radius 1 is 1.38 bits per heavy atom. The van der Waals surface area contributed by atoms with E-state index in [2.05, 4.69) is 5.32 Å². The number of ether oxygens (including phenoxy) is 1. The molecule has 1 fully saturated rings. The lowest BCUT2D eigenvalue weighted by Crippen LogP contribution is -2.44. The Bertz CT molecular complexity index is 250. The zero-order chi connectivity index (χ0) is 12.0. The standard InChI is InChI=1S/C11H20N2O3/c1-3-16-10(14)8-13(2)11(15)12-9-6-4-5-7-9/h9H,3-8H2,1-2H3,(H,12,15). The van der Waals surface area contributed by atoms with Crippen LogP contribution >= 0.6 is 0 Å². The summed E-state index contributed by atoms with van der Waals surface area (Å²) >= 11 is 0. The molecule has 1 aliphatic carbocycles. The average molecular weight is 228 g/mol. The number of urea groups is 1. The van der Waals surface area contributed by atoms with E-state index in [1.54, 1.807) is 14.0 Å². The van der Waals surface area contributed by atoms with Gasteiger partial charge in [-0.2, -0.15) is 0 Å². The highest BCUT2D eigenvalue weighted by Gasteiger charge is 2.20. The average Bonchev–Trinajstić information content (AvgIpc) is 2.70. The molecule has 5 nitrogen and oxygen atoms in total. The minimum atomic E-state index is -0.369. The normalized spacial score (nSPS) is 15.9. The zero-order valence-electron chi connectivity index (χ0n) is 9.99. The maximum atomic E-state index is 11.6. The predicted octanol–water partition coefficient (Wildman–Crippen LogP) is 1.13. The summed E-state index contributed by atoms with van der Waals surface area (Å²) in [6.07, 6.45) is 4.43. The third-order valence-electron chi connectivity index (χ3n) is 2.70. The molecule has 0 unspecified atom stereocenters. The van der Waals surface area contributed by atoms with Crippen molar-refractivity contribution in [2.24, 2.45) is 0 Å². The minimum Gasteiger partial charge on any atom is -0.465 e. The van der Waals surface area contributed by atoms with E-state index in [1.807, 2.05) is 0 Å². The molecule has 1 saturated carbocycles. The van der Waals surface area contributed by atoms with Gasteiger partial charge in [0.15, 0.2) is 0 Å². The van der Waals surface area contributed by atoms with E-state index in [1.165, 1.54) is 17.7 Å². The quantitative estimate of drug-likeness (QED) is 0.734. The lowest BCUT2D eigenvalue weighted by molar-refractivity contribution is -0.143. The molecule has 1 aliphatic rings. The molecule has 0 aromatic rings. The SMILES string of the molecule is CCOC(=O)CN(C)C(=O)NC1CCCC1. The van der Waals surface area contributed by atoms with Crippen LogP contribution in [-0.2, 0) is 9.53 Å². The number of likely N-dealkylation sites (N-methyl/N-ethyl adjacent to an activating group) is 1. The van der Waals surface area contributed by atoms with Crippen LogP contribution in [0.15, 0.2) is 0 Å². The van der Waals surface area contributed by atoms with Crippen molar-refractivity contribution in [2.75, 3.05) is 20.2 Å². The first-order valence-electron chi connectivity index (χ1n) is 5.80. The number of nitrogens with one attached hydrogen (secondary N) is 1. The fourth-order valence-electron chi connectivity index (χ4n) is 1.83. The summed E-state index contributed by atoms with van der Waals surface area (Å²) in [5.74, 6) is -0.369. The highest BCUT2D eigenvalue weighted by Crippen LogP contribution is 2.17. The van der Waals surface area contributed by atoms with Crippen LogP contribution in [0.2, 0.25) is 0 Å². The smallest absolute Gasteiger partial charge is 0.325 e. The zero-order valence-corrected chi connectivity index (χ0v) is 9.99. The molecule has 1 rings (SSSR count). The number of hydrogen-bond acceptors (Lipinski definition) is 3. The van der Waals surface area contributed by atoms with Gasteiger partial charge in [0.05, 0.1) is 6.61 Å². The van der Waals surface area contributed by atoms with Gasteiger partial charge in [0.2, 0.25) is 0 Å². The van der Waals surface area contributed by atoms with Gasteiger partial charge in [-0.25, -0.2) is 4.79 Å². The van der Waals surface area contributed by atoms with Crippen LogP contribution in [0, 0.1) is 0 Å². The first kappa shape index (κ1) is 12.8. The number of esters is 1. The molecule has 0 spiro atoms. The predicted molar refractivity (Wildman–Crippen MR) is 60.1 cm³/mol. The summed E-state index contributed by atoms with van der Waals surface area (Å²) in [7, 11) is 1.60. The van der Waals surface area contributed by atoms with Crippen molar-refractivity contribution in [1.82, 2.24) is 10.2 Å². The topological polar surface area (TPSA) is 58.6 Å². The van der Waals surface area contributed by atoms with Crippen molar-refractivity contribution in [1.29, 1.82) is 0 Å². The van der Waals surface area contributed by atoms with E-state index >= 15 is 0 Å². The molecule has 0 saturated heterocycles. The summed E-state index contributed by atoms with van der Waals surface area (Å²) < 4.78 is 4.77. The summed E-state index contributed by atoms with van der Waals surface area (Å²) in [4.78, 5) is 24.2. The Balaban J connectivity index is 2.26. The van der Waals surface area contributed by atoms with Gasteiger partial charge >= 0.3 is 12.0 Å². The molecule has 0 heterocycles. The van der Waals surface area contributed by atoms with Gasteiger partial charge in [-0.1, -0.05) is 12.8 Å². The van der Waals surface area contributed by atoms with E-state index in [4.69, 9.17) is 4.74 Å². The third-order valence-corrected chi connectivity index (χ3v) is 2.70. The maximum Gasteiger partial charge on any atom is 0.325 e. The molecule has 5 heteroatoms. The minimum absolute atomic E-state index is 0.00634. The van der Waals surface area contributed by atoms with Crippen molar-refractivity contribution in [3.8, 4) is 0 Å². The van der Waals surface area contributed by atoms with Crippen LogP contribution in [0.4, 0.5) is 4.79 Å². The Hall–Kier alpha value is -1.26. The van der Waals surface area contributed by atoms with Gasteiger partial charge < -0.3 is 15.0 Å². The van der Waals surface area contributed by atoms with Crippen LogP contribution in [0.5, 0.6) is 0 Å². The third kappa shape index (κ3) is 4.08. The summed E-state index contributed by atoms with van der Waals surface area (Å²) in [6.45, 7) is 2.10. The first-order valence-corrected chi connectivity index (χ1v) is 5.80. The molecule has 0 atom stereocenters. The Morgan fingerprint density at radius 2 is 2.00 bits per heavy atom. The largest absolute Gasteiger partial charge is 0.465 e. The molecule has 2 amide bonds. The second-order valence-corrected chi connectivity index (χ2v) is 4.09. The van der Waals surface area contributed by atoms with Crippen molar-refractivity contribution in [3.63, 3.8) is 0 Å².